The Kier molecular flexibility index (Phi) is 4.49. The van der Waals surface area contributed by atoms with Gasteiger partial charge in [0.15, 0.2) is 29.4 Å². The van der Waals surface area contributed by atoms with Crippen molar-refractivity contribution in [2.75, 3.05) is 0 Å². The molecule has 4 N–H and O–H groups in total. The van der Waals surface area contributed by atoms with Crippen molar-refractivity contribution in [1.82, 2.24) is 10.6 Å². The molecule has 0 aromatic heterocycles. The summed E-state index contributed by atoms with van der Waals surface area (Å²) in [7, 11) is 0. The van der Waals surface area contributed by atoms with Gasteiger partial charge in [-0.15, -0.1) is 0 Å². The van der Waals surface area contributed by atoms with Gasteiger partial charge in [0.2, 0.25) is 5.78 Å². The Bertz CT molecular complexity index is 1420. The number of rotatable bonds is 2. The number of aliphatic hydroxyl groups is 2. The van der Waals surface area contributed by atoms with E-state index in [9.17, 15) is 24.6 Å². The molecule has 0 aromatic rings. The van der Waals surface area contributed by atoms with Crippen molar-refractivity contribution in [3.8, 4) is 0 Å². The smallest absolute Gasteiger partial charge is 0.232 e. The Morgan fingerprint density at radius 1 is 0.618 bits per heavy atom. The highest BCUT2D eigenvalue weighted by molar-refractivity contribution is 6.26. The molecule has 174 valence electrons. The predicted octanol–water partition coefficient (Wildman–Crippen LogP) is 2.32. The van der Waals surface area contributed by atoms with Gasteiger partial charge in [0, 0.05) is 45.1 Å². The third-order valence-electron chi connectivity index (χ3n) is 7.11. The third-order valence-corrected chi connectivity index (χ3v) is 7.11. The van der Waals surface area contributed by atoms with Gasteiger partial charge in [0.05, 0.1) is 22.5 Å². The topological polar surface area (TPSA) is 140 Å². The number of carbonyl (C=O) groups is 3. The highest BCUT2D eigenvalue weighted by atomic mass is 16.3. The number of aliphatic hydroxyl groups excluding tert-OH is 2. The van der Waals surface area contributed by atoms with Crippen LogP contribution in [0.3, 0.4) is 0 Å². The van der Waals surface area contributed by atoms with Crippen molar-refractivity contribution in [2.24, 2.45) is 9.98 Å². The molecule has 2 atom stereocenters. The van der Waals surface area contributed by atoms with Gasteiger partial charge in [-0.25, -0.2) is 0 Å². The number of ketones is 3. The molecule has 34 heavy (non-hydrogen) atoms. The van der Waals surface area contributed by atoms with Crippen LogP contribution in [0.5, 0.6) is 0 Å². The second-order valence-electron chi connectivity index (χ2n) is 9.07. The summed E-state index contributed by atoms with van der Waals surface area (Å²) in [6.07, 6.45) is 0. The van der Waals surface area contributed by atoms with Crippen molar-refractivity contribution >= 4 is 28.8 Å². The molecule has 5 rings (SSSR count). The Hall–Kier alpha value is -4.01. The van der Waals surface area contributed by atoms with E-state index in [1.807, 2.05) is 0 Å². The molecule has 4 aliphatic heterocycles. The van der Waals surface area contributed by atoms with E-state index in [-0.39, 0.29) is 22.7 Å². The zero-order chi connectivity index (χ0) is 24.8. The van der Waals surface area contributed by atoms with E-state index in [1.165, 1.54) is 0 Å². The minimum atomic E-state index is -0.826. The molecule has 9 heteroatoms. The Balaban J connectivity index is 1.70. The molecule has 4 heterocycles. The lowest BCUT2D eigenvalue weighted by Crippen LogP contribution is -2.35. The van der Waals surface area contributed by atoms with E-state index in [0.717, 1.165) is 0 Å². The van der Waals surface area contributed by atoms with Crippen molar-refractivity contribution in [2.45, 2.75) is 53.6 Å². The fourth-order valence-electron chi connectivity index (χ4n) is 5.00. The number of hydrogen-bond donors (Lipinski definition) is 4. The summed E-state index contributed by atoms with van der Waals surface area (Å²) in [5.74, 6) is -2.22. The Labute approximate surface area is 195 Å². The molecule has 5 aliphatic rings. The maximum absolute atomic E-state index is 13.3. The van der Waals surface area contributed by atoms with Crippen LogP contribution in [0, 0.1) is 0 Å². The second kappa shape index (κ2) is 6.99. The number of carbonyl (C=O) groups excluding carboxylic acids is 3. The molecule has 0 fully saturated rings. The number of fused-ring (bicyclic) bond motifs is 2. The van der Waals surface area contributed by atoms with Crippen LogP contribution in [-0.2, 0) is 14.4 Å². The molecule has 0 radical (unpaired) electrons. The van der Waals surface area contributed by atoms with E-state index in [2.05, 4.69) is 20.6 Å². The third kappa shape index (κ3) is 2.63. The van der Waals surface area contributed by atoms with Crippen LogP contribution < -0.4 is 10.6 Å². The normalized spacial score (nSPS) is 27.1. The van der Waals surface area contributed by atoms with E-state index >= 15 is 0 Å². The summed E-state index contributed by atoms with van der Waals surface area (Å²) < 4.78 is 0. The quantitative estimate of drug-likeness (QED) is 0.496. The average molecular weight is 460 g/mol. The van der Waals surface area contributed by atoms with Crippen LogP contribution in [0.2, 0.25) is 0 Å². The van der Waals surface area contributed by atoms with E-state index < -0.39 is 29.4 Å². The monoisotopic (exact) mass is 460 g/mol. The van der Waals surface area contributed by atoms with Gasteiger partial charge >= 0.3 is 0 Å². The SMILES string of the molecule is CC1=NC2C(=O)C(C)=C(C)NC2=C1C1=C(O)C(C2=C3NC(C)=C(C)C(=O)C3N=C2C)=C(O)C1=O. The molecule has 0 amide bonds. The van der Waals surface area contributed by atoms with Gasteiger partial charge in [-0.1, -0.05) is 0 Å². The first-order chi connectivity index (χ1) is 16.0. The number of nitrogens with one attached hydrogen (secondary N) is 2. The molecule has 0 bridgehead atoms. The summed E-state index contributed by atoms with van der Waals surface area (Å²) in [5, 5.41) is 28.5. The minimum Gasteiger partial charge on any atom is -0.506 e. The summed E-state index contributed by atoms with van der Waals surface area (Å²) in [6, 6.07) is -1.65. The van der Waals surface area contributed by atoms with Gasteiger partial charge < -0.3 is 20.8 Å². The zero-order valence-electron chi connectivity index (χ0n) is 19.7. The first-order valence-electron chi connectivity index (χ1n) is 10.9. The predicted molar refractivity (Wildman–Crippen MR) is 125 cm³/mol. The molecule has 1 aliphatic carbocycles. The maximum atomic E-state index is 13.3. The van der Waals surface area contributed by atoms with Crippen LogP contribution in [0.4, 0.5) is 0 Å². The van der Waals surface area contributed by atoms with Gasteiger partial charge in [-0.2, -0.15) is 0 Å². The van der Waals surface area contributed by atoms with Gasteiger partial charge in [0.25, 0.3) is 0 Å². The number of Topliss-reactive ketones (excluding diaryl/α,β-unsaturated/α-hetero) is 3. The Morgan fingerprint density at radius 2 is 1.03 bits per heavy atom. The van der Waals surface area contributed by atoms with E-state index in [1.54, 1.807) is 41.5 Å². The van der Waals surface area contributed by atoms with Gasteiger partial charge in [-0.3, -0.25) is 24.4 Å². The van der Waals surface area contributed by atoms with Gasteiger partial charge in [-0.05, 0) is 41.5 Å². The molecule has 2 unspecified atom stereocenters. The minimum absolute atomic E-state index is 0.0821. The highest BCUT2D eigenvalue weighted by Gasteiger charge is 2.46. The van der Waals surface area contributed by atoms with E-state index in [4.69, 9.17) is 0 Å². The molecular formula is C25H24N4O5. The van der Waals surface area contributed by atoms with Crippen LogP contribution in [0.15, 0.2) is 77.7 Å². The number of hydrogen-bond acceptors (Lipinski definition) is 9. The van der Waals surface area contributed by atoms with Crippen LogP contribution in [0.25, 0.3) is 0 Å². The van der Waals surface area contributed by atoms with Crippen LogP contribution in [-0.4, -0.2) is 51.1 Å². The molecule has 9 nitrogen and oxygen atoms in total. The lowest BCUT2D eigenvalue weighted by Gasteiger charge is -2.24. The van der Waals surface area contributed by atoms with Crippen molar-refractivity contribution in [1.29, 1.82) is 0 Å². The number of nitrogens with zero attached hydrogens (tertiary/aromatic N) is 2. The van der Waals surface area contributed by atoms with Crippen LogP contribution >= 0.6 is 0 Å². The number of aliphatic imine (C=N–C) groups is 2. The fourth-order valence-corrected chi connectivity index (χ4v) is 5.00. The Morgan fingerprint density at radius 3 is 1.47 bits per heavy atom. The van der Waals surface area contributed by atoms with Crippen molar-refractivity contribution in [3.63, 3.8) is 0 Å². The fraction of sp³-hybridized carbons (Fsp3) is 0.320. The molecular weight excluding hydrogens is 436 g/mol. The first-order valence-corrected chi connectivity index (χ1v) is 10.9. The highest BCUT2D eigenvalue weighted by Crippen LogP contribution is 2.43. The largest absolute Gasteiger partial charge is 0.506 e. The number of allylic oxidation sites excluding steroid dienone is 5. The summed E-state index contributed by atoms with van der Waals surface area (Å²) in [6.45, 7) is 10.2. The standard InChI is InChI=1S/C25H24N4O5/c1-7-9(3)26-17-13(11(5)28-19(17)21(7)30)15-23(32)16(25(34)24(15)33)14-12(6)29-20-18(14)27-10(4)8(2)22(20)31/h19-20,26-27,32H,1-6H3,(H,33,34). The maximum Gasteiger partial charge on any atom is 0.232 e. The second-order valence-corrected chi connectivity index (χ2v) is 9.07. The van der Waals surface area contributed by atoms with E-state index in [0.29, 0.717) is 56.5 Å². The molecule has 0 spiro atoms. The van der Waals surface area contributed by atoms with Crippen molar-refractivity contribution in [3.05, 3.63) is 67.7 Å². The molecule has 0 saturated carbocycles. The van der Waals surface area contributed by atoms with Crippen molar-refractivity contribution < 1.29 is 24.6 Å². The lowest BCUT2D eigenvalue weighted by molar-refractivity contribution is -0.117. The summed E-state index contributed by atoms with van der Waals surface area (Å²) in [5.41, 5.74) is 4.41. The molecule has 0 saturated heterocycles. The average Bonchev–Trinajstić information content (AvgIpc) is 3.34. The summed E-state index contributed by atoms with van der Waals surface area (Å²) >= 11 is 0. The lowest BCUT2D eigenvalue weighted by atomic mass is 9.91. The molecule has 0 aromatic carbocycles. The summed E-state index contributed by atoms with van der Waals surface area (Å²) in [4.78, 5) is 47.7. The van der Waals surface area contributed by atoms with Gasteiger partial charge in [0.1, 0.15) is 5.76 Å². The van der Waals surface area contributed by atoms with Crippen LogP contribution in [0.1, 0.15) is 41.5 Å². The first kappa shape index (κ1) is 21.8. The zero-order valence-corrected chi connectivity index (χ0v) is 19.7.